The van der Waals surface area contributed by atoms with Crippen LogP contribution in [-0.2, 0) is 9.53 Å². The molecule has 1 heterocycles. The van der Waals surface area contributed by atoms with Crippen LogP contribution in [0.5, 0.6) is 0 Å². The summed E-state index contributed by atoms with van der Waals surface area (Å²) in [4.78, 5) is 17.8. The number of benzene rings is 2. The third kappa shape index (κ3) is 4.73. The Morgan fingerprint density at radius 3 is 2.61 bits per heavy atom. The van der Waals surface area contributed by atoms with Gasteiger partial charge >= 0.3 is 5.97 Å². The van der Waals surface area contributed by atoms with Gasteiger partial charge in [0.2, 0.25) is 0 Å². The second-order valence-corrected chi connectivity index (χ2v) is 9.49. The summed E-state index contributed by atoms with van der Waals surface area (Å²) in [5.41, 5.74) is 5.09. The van der Waals surface area contributed by atoms with E-state index in [0.29, 0.717) is 11.3 Å². The molecule has 0 spiro atoms. The zero-order valence-corrected chi connectivity index (χ0v) is 18.0. The van der Waals surface area contributed by atoms with E-state index in [9.17, 15) is 4.79 Å². The van der Waals surface area contributed by atoms with E-state index in [-0.39, 0.29) is 11.9 Å². The molecule has 6 heteroatoms. The molecule has 0 saturated carbocycles. The van der Waals surface area contributed by atoms with Crippen LogP contribution in [0.3, 0.4) is 0 Å². The summed E-state index contributed by atoms with van der Waals surface area (Å²) >= 11 is 3.25. The fourth-order valence-corrected chi connectivity index (χ4v) is 4.72. The highest BCUT2D eigenvalue weighted by Crippen LogP contribution is 2.40. The molecule has 0 aliphatic heterocycles. The van der Waals surface area contributed by atoms with E-state index in [1.165, 1.54) is 0 Å². The van der Waals surface area contributed by atoms with Crippen LogP contribution < -0.4 is 0 Å². The predicted molar refractivity (Wildman–Crippen MR) is 116 cm³/mol. The van der Waals surface area contributed by atoms with Crippen LogP contribution in [0.25, 0.3) is 21.3 Å². The Hall–Kier alpha value is -2.36. The van der Waals surface area contributed by atoms with Crippen LogP contribution in [0.2, 0.25) is 0 Å². The van der Waals surface area contributed by atoms with Crippen molar-refractivity contribution in [2.75, 3.05) is 5.75 Å². The van der Waals surface area contributed by atoms with Gasteiger partial charge in [-0.05, 0) is 50.6 Å². The van der Waals surface area contributed by atoms with E-state index in [4.69, 9.17) is 10.00 Å². The lowest BCUT2D eigenvalue weighted by atomic mass is 10.0. The molecular weight excluding hydrogens is 388 g/mol. The third-order valence-corrected chi connectivity index (χ3v) is 6.24. The van der Waals surface area contributed by atoms with Crippen molar-refractivity contribution in [3.05, 3.63) is 47.5 Å². The van der Waals surface area contributed by atoms with Gasteiger partial charge in [-0.25, -0.2) is 4.98 Å². The van der Waals surface area contributed by atoms with Gasteiger partial charge in [0.25, 0.3) is 0 Å². The molecule has 28 heavy (non-hydrogen) atoms. The van der Waals surface area contributed by atoms with Gasteiger partial charge in [-0.15, -0.1) is 23.1 Å². The minimum Gasteiger partial charge on any atom is -0.460 e. The van der Waals surface area contributed by atoms with Crippen LogP contribution in [0, 0.1) is 17.2 Å². The summed E-state index contributed by atoms with van der Waals surface area (Å²) in [6, 6.07) is 13.8. The van der Waals surface area contributed by atoms with E-state index in [1.807, 2.05) is 63.5 Å². The lowest BCUT2D eigenvalue weighted by molar-refractivity contribution is -0.158. The summed E-state index contributed by atoms with van der Waals surface area (Å²) in [5, 5.41) is 9.06. The number of carbonyl (C=O) groups excluding carboxylic acids is 1. The SMILES string of the molecule is CC(CSc1ccc2ncsc2c1-c1ccc(C#N)cc1)C(=O)OC(C)(C)C. The van der Waals surface area contributed by atoms with Crippen molar-refractivity contribution in [2.24, 2.45) is 5.92 Å². The highest BCUT2D eigenvalue weighted by Gasteiger charge is 2.22. The molecule has 3 aromatic rings. The number of hydrogen-bond acceptors (Lipinski definition) is 6. The average molecular weight is 411 g/mol. The molecule has 0 radical (unpaired) electrons. The molecule has 144 valence electrons. The minimum absolute atomic E-state index is 0.182. The number of nitrogens with zero attached hydrogens (tertiary/aromatic N) is 2. The Labute approximate surface area is 173 Å². The minimum atomic E-state index is -0.481. The lowest BCUT2D eigenvalue weighted by Crippen LogP contribution is -2.28. The van der Waals surface area contributed by atoms with Crippen molar-refractivity contribution < 1.29 is 9.53 Å². The number of rotatable bonds is 5. The standard InChI is InChI=1S/C22H22N2O2S2/c1-14(21(25)26-22(2,3)4)12-27-18-10-9-17-20(28-13-24-17)19(18)16-7-5-15(11-23)6-8-16/h5-10,13-14H,12H2,1-4H3. The quantitative estimate of drug-likeness (QED) is 0.387. The number of carbonyl (C=O) groups is 1. The molecular formula is C22H22N2O2S2. The molecule has 1 atom stereocenters. The summed E-state index contributed by atoms with van der Waals surface area (Å²) in [6.07, 6.45) is 0. The first-order chi connectivity index (χ1) is 13.3. The molecule has 0 aliphatic rings. The Morgan fingerprint density at radius 1 is 1.25 bits per heavy atom. The number of thiazole rings is 1. The molecule has 4 nitrogen and oxygen atoms in total. The van der Waals surface area contributed by atoms with Crippen LogP contribution >= 0.6 is 23.1 Å². The number of thioether (sulfide) groups is 1. The second kappa shape index (κ2) is 8.34. The Bertz CT molecular complexity index is 1030. The van der Waals surface area contributed by atoms with Crippen LogP contribution in [0.15, 0.2) is 46.8 Å². The van der Waals surface area contributed by atoms with Crippen molar-refractivity contribution in [3.63, 3.8) is 0 Å². The Kier molecular flexibility index (Phi) is 6.07. The predicted octanol–water partition coefficient (Wildman–Crippen LogP) is 5.90. The number of esters is 1. The third-order valence-electron chi connectivity index (χ3n) is 4.06. The first kappa shape index (κ1) is 20.4. The molecule has 1 aromatic heterocycles. The maximum atomic E-state index is 12.3. The summed E-state index contributed by atoms with van der Waals surface area (Å²) < 4.78 is 6.61. The van der Waals surface area contributed by atoms with Gasteiger partial charge in [0.15, 0.2) is 0 Å². The maximum Gasteiger partial charge on any atom is 0.310 e. The van der Waals surface area contributed by atoms with Gasteiger partial charge in [0.05, 0.1) is 33.3 Å². The highest BCUT2D eigenvalue weighted by atomic mass is 32.2. The number of aromatic nitrogens is 1. The van der Waals surface area contributed by atoms with Gasteiger partial charge in [-0.1, -0.05) is 19.1 Å². The number of hydrogen-bond donors (Lipinski definition) is 0. The van der Waals surface area contributed by atoms with Crippen molar-refractivity contribution in [3.8, 4) is 17.2 Å². The molecule has 1 unspecified atom stereocenters. The Morgan fingerprint density at radius 2 is 1.96 bits per heavy atom. The van der Waals surface area contributed by atoms with E-state index in [0.717, 1.165) is 26.2 Å². The number of nitriles is 1. The lowest BCUT2D eigenvalue weighted by Gasteiger charge is -2.22. The largest absolute Gasteiger partial charge is 0.460 e. The van der Waals surface area contributed by atoms with E-state index >= 15 is 0 Å². The van der Waals surface area contributed by atoms with Crippen LogP contribution in [0.1, 0.15) is 33.3 Å². The maximum absolute atomic E-state index is 12.3. The van der Waals surface area contributed by atoms with Gasteiger partial charge < -0.3 is 4.74 Å². The van der Waals surface area contributed by atoms with Gasteiger partial charge in [0, 0.05) is 16.2 Å². The van der Waals surface area contributed by atoms with Crippen molar-refractivity contribution in [1.29, 1.82) is 5.26 Å². The molecule has 0 amide bonds. The molecule has 0 N–H and O–H groups in total. The van der Waals surface area contributed by atoms with Crippen molar-refractivity contribution in [1.82, 2.24) is 4.98 Å². The van der Waals surface area contributed by atoms with Gasteiger partial charge in [0.1, 0.15) is 5.60 Å². The van der Waals surface area contributed by atoms with Crippen molar-refractivity contribution >= 4 is 39.3 Å². The van der Waals surface area contributed by atoms with Gasteiger partial charge in [-0.2, -0.15) is 5.26 Å². The molecule has 0 aliphatic carbocycles. The summed E-state index contributed by atoms with van der Waals surface area (Å²) in [7, 11) is 0. The molecule has 3 rings (SSSR count). The fraction of sp³-hybridized carbons (Fsp3) is 0.318. The molecule has 0 saturated heterocycles. The fourth-order valence-electron chi connectivity index (χ4n) is 2.70. The molecule has 2 aromatic carbocycles. The van der Waals surface area contributed by atoms with E-state index in [2.05, 4.69) is 17.1 Å². The van der Waals surface area contributed by atoms with E-state index in [1.54, 1.807) is 23.1 Å². The van der Waals surface area contributed by atoms with E-state index < -0.39 is 5.60 Å². The zero-order chi connectivity index (χ0) is 20.3. The van der Waals surface area contributed by atoms with Crippen LogP contribution in [-0.4, -0.2) is 22.3 Å². The van der Waals surface area contributed by atoms with Gasteiger partial charge in [-0.3, -0.25) is 4.79 Å². The monoisotopic (exact) mass is 410 g/mol. The smallest absolute Gasteiger partial charge is 0.310 e. The number of ether oxygens (including phenoxy) is 1. The summed E-state index contributed by atoms with van der Waals surface area (Å²) in [5.74, 6) is 0.233. The first-order valence-corrected chi connectivity index (χ1v) is 10.9. The average Bonchev–Trinajstić information content (AvgIpc) is 3.13. The zero-order valence-electron chi connectivity index (χ0n) is 16.4. The molecule has 0 bridgehead atoms. The highest BCUT2D eigenvalue weighted by molar-refractivity contribution is 7.99. The number of fused-ring (bicyclic) bond motifs is 1. The van der Waals surface area contributed by atoms with Crippen LogP contribution in [0.4, 0.5) is 0 Å². The molecule has 0 fully saturated rings. The normalized spacial score (nSPS) is 12.5. The Balaban J connectivity index is 1.89. The first-order valence-electron chi connectivity index (χ1n) is 9.01. The second-order valence-electron chi connectivity index (χ2n) is 7.57. The topological polar surface area (TPSA) is 63.0 Å². The van der Waals surface area contributed by atoms with Crippen molar-refractivity contribution in [2.45, 2.75) is 38.2 Å². The summed E-state index contributed by atoms with van der Waals surface area (Å²) in [6.45, 7) is 7.54.